The maximum Gasteiger partial charge on any atom is 0.333 e. The van der Waals surface area contributed by atoms with E-state index in [0.29, 0.717) is 35.9 Å². The van der Waals surface area contributed by atoms with Gasteiger partial charge in [-0.1, -0.05) is 75.0 Å². The summed E-state index contributed by atoms with van der Waals surface area (Å²) in [7, 11) is 0. The number of quaternary nitrogens is 1. The number of hydrogen-bond donors (Lipinski definition) is 3. The van der Waals surface area contributed by atoms with E-state index in [0.717, 1.165) is 31.2 Å². The molecule has 4 N–H and O–H groups in total. The number of likely N-dealkylation sites (tertiary alicyclic amines) is 1. The van der Waals surface area contributed by atoms with Crippen LogP contribution in [0, 0.1) is 22.7 Å². The van der Waals surface area contributed by atoms with Gasteiger partial charge in [0.05, 0.1) is 18.8 Å². The van der Waals surface area contributed by atoms with Gasteiger partial charge in [0.2, 0.25) is 11.8 Å². The Bertz CT molecular complexity index is 1380. The van der Waals surface area contributed by atoms with Crippen LogP contribution in [0.5, 0.6) is 0 Å². The van der Waals surface area contributed by atoms with E-state index >= 15 is 0 Å². The number of amides is 3. The van der Waals surface area contributed by atoms with E-state index in [1.807, 2.05) is 32.9 Å². The van der Waals surface area contributed by atoms with Crippen molar-refractivity contribution in [3.05, 3.63) is 47.5 Å². The second kappa shape index (κ2) is 12.9. The van der Waals surface area contributed by atoms with E-state index in [-0.39, 0.29) is 43.1 Å². The third-order valence-corrected chi connectivity index (χ3v) is 10.4. The number of allylic oxidation sites excluding steroid dienone is 1. The summed E-state index contributed by atoms with van der Waals surface area (Å²) >= 11 is 6.22. The molecular formula is C34H46ClN4O6+. The Morgan fingerprint density at radius 2 is 1.96 bits per heavy atom. The van der Waals surface area contributed by atoms with Crippen LogP contribution in [0.2, 0.25) is 5.02 Å². The predicted octanol–water partition coefficient (Wildman–Crippen LogP) is 3.67. The molecule has 45 heavy (non-hydrogen) atoms. The van der Waals surface area contributed by atoms with Crippen LogP contribution in [0.25, 0.3) is 0 Å². The molecule has 3 amide bonds. The molecule has 244 valence electrons. The minimum absolute atomic E-state index is 0.0509. The fourth-order valence-corrected chi connectivity index (χ4v) is 7.48. The molecule has 5 atom stereocenters. The first-order chi connectivity index (χ1) is 21.3. The van der Waals surface area contributed by atoms with Crippen LogP contribution >= 0.6 is 11.6 Å². The summed E-state index contributed by atoms with van der Waals surface area (Å²) in [6.07, 6.45) is 8.44. The number of oxime groups is 1. The molecule has 1 aromatic rings. The van der Waals surface area contributed by atoms with Gasteiger partial charge in [-0.05, 0) is 48.6 Å². The first-order valence-corrected chi connectivity index (χ1v) is 16.5. The highest BCUT2D eigenvalue weighted by molar-refractivity contribution is 6.31. The molecule has 1 spiro atoms. The number of nitrogens with two attached hydrogens (primary N) is 1. The lowest BCUT2D eigenvalue weighted by Gasteiger charge is -2.35. The Balaban J connectivity index is 1.37. The number of benzene rings is 1. The number of nitrogens with zero attached hydrogens (tertiary/aromatic N) is 2. The van der Waals surface area contributed by atoms with Gasteiger partial charge in [-0.15, -0.1) is 6.58 Å². The first-order valence-electron chi connectivity index (χ1n) is 16.1. The topological polar surface area (TPSA) is 142 Å². The fraction of sp³-hybridized carbons (Fsp3) is 0.618. The minimum Gasteiger partial charge on any atom is -0.481 e. The zero-order valence-electron chi connectivity index (χ0n) is 26.5. The van der Waals surface area contributed by atoms with Gasteiger partial charge in [-0.25, -0.2) is 4.79 Å². The van der Waals surface area contributed by atoms with Crippen LogP contribution in [0.15, 0.2) is 42.1 Å². The monoisotopic (exact) mass is 641 g/mol. The molecule has 2 saturated carbocycles. The summed E-state index contributed by atoms with van der Waals surface area (Å²) in [5.74, 6) is -1.70. The van der Waals surface area contributed by atoms with Gasteiger partial charge in [0.15, 0.2) is 11.6 Å². The Kier molecular flexibility index (Phi) is 9.48. The summed E-state index contributed by atoms with van der Waals surface area (Å²) < 4.78 is 0. The Morgan fingerprint density at radius 3 is 2.58 bits per heavy atom. The summed E-state index contributed by atoms with van der Waals surface area (Å²) in [4.78, 5) is 61.2. The van der Waals surface area contributed by atoms with Crippen molar-refractivity contribution in [2.24, 2.45) is 27.8 Å². The van der Waals surface area contributed by atoms with Crippen molar-refractivity contribution in [3.8, 4) is 0 Å². The number of primary amides is 1. The molecule has 10 nitrogen and oxygen atoms in total. The number of nitrogens with one attached hydrogen (secondary N) is 1. The zero-order valence-corrected chi connectivity index (χ0v) is 27.3. The van der Waals surface area contributed by atoms with Crippen LogP contribution in [-0.4, -0.2) is 70.2 Å². The molecule has 2 heterocycles. The standard InChI is InChI=1S/C34H45ClN4O6/c1-5-23-16-34(23,31(43)44)19-36-29(41)26-18-33(17-25(38-45-33)22-12-9-13-24(35)15-22)20-39(26)30(42)28(32(2,3)4)37-27(40)14-21-10-7-6-8-11-21/h5,9,12-13,15,21,23,26,28H,1,6-8,10-11,14,16-20H2,2-4H3,(H,36,41)(H,37,40)(H,43,44)/p+1/t23-,26+,28-,33-,34-/m1/s1. The summed E-state index contributed by atoms with van der Waals surface area (Å²) in [5, 5.41) is 19.2. The second-order valence-corrected chi connectivity index (χ2v) is 15.0. The lowest BCUT2D eigenvalue weighted by atomic mass is 9.84. The molecule has 1 aromatic carbocycles. The highest BCUT2D eigenvalue weighted by Gasteiger charge is 2.62. The maximum absolute atomic E-state index is 14.4. The van der Waals surface area contributed by atoms with Crippen molar-refractivity contribution in [3.63, 3.8) is 0 Å². The third-order valence-electron chi connectivity index (χ3n) is 10.1. The van der Waals surface area contributed by atoms with E-state index in [4.69, 9.17) is 16.4 Å². The smallest absolute Gasteiger partial charge is 0.333 e. The Labute approximate surface area is 270 Å². The van der Waals surface area contributed by atoms with E-state index in [1.54, 1.807) is 18.2 Å². The van der Waals surface area contributed by atoms with Crippen molar-refractivity contribution >= 4 is 41.0 Å². The van der Waals surface area contributed by atoms with Crippen LogP contribution < -0.4 is 10.6 Å². The number of carboxylic acid groups (broad SMARTS) is 1. The van der Waals surface area contributed by atoms with Gasteiger partial charge in [0.1, 0.15) is 11.5 Å². The van der Waals surface area contributed by atoms with Gasteiger partial charge in [-0.2, -0.15) is 0 Å². The molecular weight excluding hydrogens is 596 g/mol. The van der Waals surface area contributed by atoms with Crippen LogP contribution in [0.1, 0.15) is 84.1 Å². The van der Waals surface area contributed by atoms with Gasteiger partial charge in [0.25, 0.3) is 0 Å². The molecule has 0 aromatic heterocycles. The maximum atomic E-state index is 14.4. The molecule has 4 aliphatic rings. The molecule has 2 aliphatic carbocycles. The number of carboxylic acids is 1. The number of hydrogen-bond acceptors (Lipinski definition) is 6. The van der Waals surface area contributed by atoms with Gasteiger partial charge < -0.3 is 20.2 Å². The predicted molar refractivity (Wildman–Crippen MR) is 169 cm³/mol. The zero-order chi connectivity index (χ0) is 32.6. The highest BCUT2D eigenvalue weighted by atomic mass is 35.5. The van der Waals surface area contributed by atoms with Crippen molar-refractivity contribution in [2.45, 2.75) is 96.2 Å². The summed E-state index contributed by atoms with van der Waals surface area (Å²) in [6, 6.07) is 5.52. The van der Waals surface area contributed by atoms with Crippen LogP contribution in [0.3, 0.4) is 0 Å². The number of rotatable bonds is 10. The van der Waals surface area contributed by atoms with Crippen molar-refractivity contribution in [2.75, 3.05) is 13.1 Å². The molecule has 0 unspecified atom stereocenters. The second-order valence-electron chi connectivity index (χ2n) is 14.6. The summed E-state index contributed by atoms with van der Waals surface area (Å²) in [5.41, 5.74) is -1.15. The average molecular weight is 642 g/mol. The molecule has 2 aliphatic heterocycles. The van der Waals surface area contributed by atoms with E-state index in [1.165, 1.54) is 16.6 Å². The molecule has 1 saturated heterocycles. The van der Waals surface area contributed by atoms with Gasteiger partial charge >= 0.3 is 11.9 Å². The van der Waals surface area contributed by atoms with E-state index in [9.17, 15) is 24.3 Å². The SMILES string of the molecule is C=C[C@@H]1C[C@]1(C[NH2+]C(=O)[C@@H]1C[C@]2(CC(c3cccc(Cl)c3)=NO2)CN1C(=O)[C@@H](NC(=O)CC1CCCCC1)C(C)(C)C)C(=O)O. The van der Waals surface area contributed by atoms with E-state index in [2.05, 4.69) is 17.1 Å². The van der Waals surface area contributed by atoms with E-state index < -0.39 is 34.5 Å². The normalized spacial score (nSPS) is 28.7. The Hall–Kier alpha value is -3.24. The molecule has 11 heteroatoms. The highest BCUT2D eigenvalue weighted by Crippen LogP contribution is 2.52. The van der Waals surface area contributed by atoms with Crippen molar-refractivity contribution < 1.29 is 34.4 Å². The quantitative estimate of drug-likeness (QED) is 0.333. The van der Waals surface area contributed by atoms with Gasteiger partial charge in [-0.3, -0.25) is 19.7 Å². The molecule has 5 rings (SSSR count). The number of carbonyl (C=O) groups excluding carboxylic acids is 3. The largest absolute Gasteiger partial charge is 0.481 e. The van der Waals surface area contributed by atoms with Crippen LogP contribution in [-0.2, 0) is 24.0 Å². The number of halogens is 1. The third kappa shape index (κ3) is 7.12. The van der Waals surface area contributed by atoms with Crippen molar-refractivity contribution in [1.82, 2.24) is 10.2 Å². The average Bonchev–Trinajstić information content (AvgIpc) is 3.39. The lowest BCUT2D eigenvalue weighted by molar-refractivity contribution is -0.578. The number of aliphatic carboxylic acids is 1. The Morgan fingerprint density at radius 1 is 1.22 bits per heavy atom. The molecule has 0 radical (unpaired) electrons. The molecule has 0 bridgehead atoms. The summed E-state index contributed by atoms with van der Waals surface area (Å²) in [6.45, 7) is 9.60. The minimum atomic E-state index is -1.05. The van der Waals surface area contributed by atoms with Crippen molar-refractivity contribution in [1.29, 1.82) is 0 Å². The fourth-order valence-electron chi connectivity index (χ4n) is 7.29. The lowest BCUT2D eigenvalue weighted by Crippen LogP contribution is -2.93. The first kappa shape index (κ1) is 33.1. The van der Waals surface area contributed by atoms with Crippen LogP contribution in [0.4, 0.5) is 0 Å². The number of carbonyl (C=O) groups is 4. The van der Waals surface area contributed by atoms with Gasteiger partial charge in [0, 0.05) is 29.8 Å². The molecule has 3 fully saturated rings.